The molecule has 0 aromatic carbocycles. The van der Waals surface area contributed by atoms with Gasteiger partial charge in [0, 0.05) is 30.0 Å². The van der Waals surface area contributed by atoms with E-state index in [-0.39, 0.29) is 11.9 Å². The van der Waals surface area contributed by atoms with Crippen LogP contribution in [0.3, 0.4) is 0 Å². The van der Waals surface area contributed by atoms with Gasteiger partial charge in [-0.3, -0.25) is 14.2 Å². The molecule has 1 atom stereocenters. The van der Waals surface area contributed by atoms with Gasteiger partial charge in [-0.1, -0.05) is 0 Å². The molecule has 0 bridgehead atoms. The number of carbonyl (C=O) groups is 1. The fourth-order valence-corrected chi connectivity index (χ4v) is 2.55. The van der Waals surface area contributed by atoms with E-state index in [0.717, 1.165) is 30.0 Å². The Bertz CT molecular complexity index is 641. The Morgan fingerprint density at radius 2 is 1.71 bits per heavy atom. The highest BCUT2D eigenvalue weighted by atomic mass is 16.1. The van der Waals surface area contributed by atoms with E-state index in [1.807, 2.05) is 43.3 Å². The number of hydrogen-bond donors (Lipinski definition) is 1. The summed E-state index contributed by atoms with van der Waals surface area (Å²) in [4.78, 5) is 12.4. The van der Waals surface area contributed by atoms with E-state index in [0.29, 0.717) is 5.56 Å². The van der Waals surface area contributed by atoms with Gasteiger partial charge in [-0.15, -0.1) is 0 Å². The summed E-state index contributed by atoms with van der Waals surface area (Å²) in [6.45, 7) is 11.6. The van der Waals surface area contributed by atoms with Crippen LogP contribution in [0.2, 0.25) is 0 Å². The highest BCUT2D eigenvalue weighted by Gasteiger charge is 2.19. The predicted octanol–water partition coefficient (Wildman–Crippen LogP) is 2.23. The number of carbonyl (C=O) groups excluding carboxylic acids is 1. The molecule has 0 spiro atoms. The van der Waals surface area contributed by atoms with E-state index in [1.165, 1.54) is 0 Å². The second-order valence-corrected chi connectivity index (χ2v) is 5.16. The minimum atomic E-state index is -0.0941. The molecule has 0 aliphatic rings. The largest absolute Gasteiger partial charge is 0.345 e. The van der Waals surface area contributed by atoms with Crippen LogP contribution in [0.1, 0.15) is 54.1 Å². The zero-order valence-corrected chi connectivity index (χ0v) is 13.3. The van der Waals surface area contributed by atoms with Crippen molar-refractivity contribution in [2.75, 3.05) is 0 Å². The van der Waals surface area contributed by atoms with Crippen molar-refractivity contribution in [1.82, 2.24) is 24.9 Å². The third-order valence-corrected chi connectivity index (χ3v) is 3.90. The van der Waals surface area contributed by atoms with Gasteiger partial charge in [0.25, 0.3) is 5.91 Å². The van der Waals surface area contributed by atoms with Crippen LogP contribution in [0.4, 0.5) is 0 Å². The standard InChI is InChI=1S/C15H23N5O/c1-6-19-11(4)13(8-16-19)10(3)18-15(21)14-9-17-20(7-2)12(14)5/h8-10H,6-7H2,1-5H3,(H,18,21). The first-order valence-corrected chi connectivity index (χ1v) is 7.35. The predicted molar refractivity (Wildman–Crippen MR) is 81.2 cm³/mol. The molecule has 0 saturated heterocycles. The Morgan fingerprint density at radius 1 is 1.14 bits per heavy atom. The summed E-state index contributed by atoms with van der Waals surface area (Å²) in [5.74, 6) is -0.0941. The van der Waals surface area contributed by atoms with Crippen molar-refractivity contribution < 1.29 is 4.79 Å². The normalized spacial score (nSPS) is 12.4. The van der Waals surface area contributed by atoms with Crippen molar-refractivity contribution >= 4 is 5.91 Å². The maximum Gasteiger partial charge on any atom is 0.255 e. The summed E-state index contributed by atoms with van der Waals surface area (Å²) in [5.41, 5.74) is 3.66. The van der Waals surface area contributed by atoms with Crippen molar-refractivity contribution in [2.45, 2.75) is 53.8 Å². The lowest BCUT2D eigenvalue weighted by Gasteiger charge is -2.14. The van der Waals surface area contributed by atoms with Crippen LogP contribution in [0, 0.1) is 13.8 Å². The average molecular weight is 289 g/mol. The summed E-state index contributed by atoms with van der Waals surface area (Å²) < 4.78 is 3.75. The van der Waals surface area contributed by atoms with Gasteiger partial charge in [-0.05, 0) is 34.6 Å². The topological polar surface area (TPSA) is 64.7 Å². The molecule has 1 amide bonds. The molecule has 0 aliphatic carbocycles. The zero-order valence-electron chi connectivity index (χ0n) is 13.3. The third-order valence-electron chi connectivity index (χ3n) is 3.90. The molecule has 2 rings (SSSR count). The molecular formula is C15H23N5O. The van der Waals surface area contributed by atoms with Gasteiger partial charge in [0.15, 0.2) is 0 Å². The molecule has 2 aromatic rings. The van der Waals surface area contributed by atoms with Crippen molar-refractivity contribution in [2.24, 2.45) is 0 Å². The SMILES string of the molecule is CCn1ncc(C(=O)NC(C)c2cnn(CC)c2C)c1C. The van der Waals surface area contributed by atoms with Crippen LogP contribution in [0.25, 0.3) is 0 Å². The van der Waals surface area contributed by atoms with E-state index in [2.05, 4.69) is 22.4 Å². The van der Waals surface area contributed by atoms with Crippen molar-refractivity contribution in [3.63, 3.8) is 0 Å². The van der Waals surface area contributed by atoms with Gasteiger partial charge < -0.3 is 5.32 Å². The van der Waals surface area contributed by atoms with Gasteiger partial charge in [-0.25, -0.2) is 0 Å². The number of aryl methyl sites for hydroxylation is 2. The minimum absolute atomic E-state index is 0.0813. The molecule has 2 heterocycles. The molecule has 0 fully saturated rings. The van der Waals surface area contributed by atoms with Crippen LogP contribution < -0.4 is 5.32 Å². The number of rotatable bonds is 5. The lowest BCUT2D eigenvalue weighted by molar-refractivity contribution is 0.0939. The lowest BCUT2D eigenvalue weighted by atomic mass is 10.1. The quantitative estimate of drug-likeness (QED) is 0.918. The van der Waals surface area contributed by atoms with Gasteiger partial charge in [0.05, 0.1) is 24.0 Å². The average Bonchev–Trinajstić information content (AvgIpc) is 3.01. The minimum Gasteiger partial charge on any atom is -0.345 e. The second-order valence-electron chi connectivity index (χ2n) is 5.16. The van der Waals surface area contributed by atoms with Gasteiger partial charge in [0.1, 0.15) is 0 Å². The van der Waals surface area contributed by atoms with Crippen LogP contribution >= 0.6 is 0 Å². The molecule has 114 valence electrons. The molecular weight excluding hydrogens is 266 g/mol. The number of amides is 1. The van der Waals surface area contributed by atoms with Crippen molar-refractivity contribution in [3.05, 3.63) is 34.9 Å². The molecule has 0 radical (unpaired) electrons. The number of hydrogen-bond acceptors (Lipinski definition) is 3. The van der Waals surface area contributed by atoms with E-state index in [4.69, 9.17) is 0 Å². The fraction of sp³-hybridized carbons (Fsp3) is 0.533. The van der Waals surface area contributed by atoms with Crippen LogP contribution in [0.15, 0.2) is 12.4 Å². The molecule has 2 aromatic heterocycles. The van der Waals surface area contributed by atoms with Crippen LogP contribution in [-0.2, 0) is 13.1 Å². The molecule has 6 nitrogen and oxygen atoms in total. The Balaban J connectivity index is 2.14. The van der Waals surface area contributed by atoms with E-state index in [1.54, 1.807) is 6.20 Å². The Hall–Kier alpha value is -2.11. The Kier molecular flexibility index (Phi) is 4.45. The highest BCUT2D eigenvalue weighted by molar-refractivity contribution is 5.95. The molecule has 21 heavy (non-hydrogen) atoms. The number of nitrogens with zero attached hydrogens (tertiary/aromatic N) is 4. The monoisotopic (exact) mass is 289 g/mol. The Labute approximate surface area is 125 Å². The first-order valence-electron chi connectivity index (χ1n) is 7.35. The molecule has 0 saturated carbocycles. The zero-order chi connectivity index (χ0) is 15.6. The lowest BCUT2D eigenvalue weighted by Crippen LogP contribution is -2.27. The number of nitrogens with one attached hydrogen (secondary N) is 1. The van der Waals surface area contributed by atoms with Crippen molar-refractivity contribution in [3.8, 4) is 0 Å². The van der Waals surface area contributed by atoms with Gasteiger partial charge in [0.2, 0.25) is 0 Å². The third kappa shape index (κ3) is 2.84. The smallest absolute Gasteiger partial charge is 0.255 e. The first-order chi connectivity index (χ1) is 9.99. The van der Waals surface area contributed by atoms with E-state index < -0.39 is 0 Å². The maximum absolute atomic E-state index is 12.4. The Morgan fingerprint density at radius 3 is 2.24 bits per heavy atom. The first kappa shape index (κ1) is 15.3. The maximum atomic E-state index is 12.4. The fourth-order valence-electron chi connectivity index (χ4n) is 2.55. The summed E-state index contributed by atoms with van der Waals surface area (Å²) in [5, 5.41) is 11.6. The summed E-state index contributed by atoms with van der Waals surface area (Å²) >= 11 is 0. The van der Waals surface area contributed by atoms with E-state index in [9.17, 15) is 4.79 Å². The second kappa shape index (κ2) is 6.11. The molecule has 1 N–H and O–H groups in total. The van der Waals surface area contributed by atoms with Crippen LogP contribution in [0.5, 0.6) is 0 Å². The van der Waals surface area contributed by atoms with E-state index >= 15 is 0 Å². The molecule has 6 heteroatoms. The van der Waals surface area contributed by atoms with Crippen molar-refractivity contribution in [1.29, 1.82) is 0 Å². The van der Waals surface area contributed by atoms with Gasteiger partial charge in [-0.2, -0.15) is 10.2 Å². The summed E-state index contributed by atoms with van der Waals surface area (Å²) in [6.07, 6.45) is 3.45. The van der Waals surface area contributed by atoms with Gasteiger partial charge >= 0.3 is 0 Å². The molecule has 0 aliphatic heterocycles. The highest BCUT2D eigenvalue weighted by Crippen LogP contribution is 2.18. The summed E-state index contributed by atoms with van der Waals surface area (Å²) in [6, 6.07) is -0.0813. The summed E-state index contributed by atoms with van der Waals surface area (Å²) in [7, 11) is 0. The number of aromatic nitrogens is 4. The molecule has 1 unspecified atom stereocenters. The van der Waals surface area contributed by atoms with Crippen LogP contribution in [-0.4, -0.2) is 25.5 Å².